The number of urea groups is 1. The van der Waals surface area contributed by atoms with Crippen LogP contribution in [0.1, 0.15) is 28.8 Å². The monoisotopic (exact) mass is 432 g/mol. The largest absolute Gasteiger partial charge is 0.372 e. The van der Waals surface area contributed by atoms with Crippen LogP contribution in [0.3, 0.4) is 0 Å². The SMILES string of the molecule is O=C(NCc1ccc(N2CCCC2)cc1)Nc1cccc(C(=O)Nc2cccc(F)c2)c1. The van der Waals surface area contributed by atoms with E-state index in [4.69, 9.17) is 0 Å². The lowest BCUT2D eigenvalue weighted by molar-refractivity contribution is 0.102. The summed E-state index contributed by atoms with van der Waals surface area (Å²) in [7, 11) is 0. The number of hydrogen-bond donors (Lipinski definition) is 3. The van der Waals surface area contributed by atoms with Crippen molar-refractivity contribution < 1.29 is 14.0 Å². The first-order valence-electron chi connectivity index (χ1n) is 10.6. The van der Waals surface area contributed by atoms with Gasteiger partial charge in [0.05, 0.1) is 0 Å². The lowest BCUT2D eigenvalue weighted by atomic mass is 10.2. The van der Waals surface area contributed by atoms with Crippen LogP contribution in [0.5, 0.6) is 0 Å². The van der Waals surface area contributed by atoms with Crippen molar-refractivity contribution in [3.05, 3.63) is 89.7 Å². The van der Waals surface area contributed by atoms with Crippen molar-refractivity contribution in [3.8, 4) is 0 Å². The summed E-state index contributed by atoms with van der Waals surface area (Å²) in [6.45, 7) is 2.59. The number of rotatable bonds is 6. The van der Waals surface area contributed by atoms with Gasteiger partial charge in [-0.1, -0.05) is 24.3 Å². The van der Waals surface area contributed by atoms with E-state index >= 15 is 0 Å². The predicted molar refractivity (Wildman–Crippen MR) is 125 cm³/mol. The molecule has 3 amide bonds. The molecule has 0 saturated carbocycles. The van der Waals surface area contributed by atoms with E-state index in [1.165, 1.54) is 36.7 Å². The highest BCUT2D eigenvalue weighted by Crippen LogP contribution is 2.20. The number of anilines is 3. The van der Waals surface area contributed by atoms with Crippen molar-refractivity contribution in [1.29, 1.82) is 0 Å². The van der Waals surface area contributed by atoms with Gasteiger partial charge in [-0.25, -0.2) is 9.18 Å². The third-order valence-corrected chi connectivity index (χ3v) is 5.33. The van der Waals surface area contributed by atoms with Crippen LogP contribution in [0.2, 0.25) is 0 Å². The van der Waals surface area contributed by atoms with Gasteiger partial charge >= 0.3 is 6.03 Å². The highest BCUT2D eigenvalue weighted by atomic mass is 19.1. The van der Waals surface area contributed by atoms with Gasteiger partial charge in [-0.2, -0.15) is 0 Å². The summed E-state index contributed by atoms with van der Waals surface area (Å²) < 4.78 is 13.3. The van der Waals surface area contributed by atoms with Crippen LogP contribution >= 0.6 is 0 Å². The number of carbonyl (C=O) groups is 2. The third-order valence-electron chi connectivity index (χ3n) is 5.33. The van der Waals surface area contributed by atoms with Gasteiger partial charge in [0.15, 0.2) is 0 Å². The lowest BCUT2D eigenvalue weighted by Crippen LogP contribution is -2.28. The molecule has 1 aliphatic heterocycles. The molecule has 32 heavy (non-hydrogen) atoms. The summed E-state index contributed by atoms with van der Waals surface area (Å²) in [5.74, 6) is -0.821. The maximum atomic E-state index is 13.3. The fourth-order valence-electron chi connectivity index (χ4n) is 3.67. The second kappa shape index (κ2) is 9.96. The maximum absolute atomic E-state index is 13.3. The Labute approximate surface area is 186 Å². The second-order valence-corrected chi connectivity index (χ2v) is 7.71. The van der Waals surface area contributed by atoms with E-state index in [1.807, 2.05) is 12.1 Å². The van der Waals surface area contributed by atoms with E-state index in [1.54, 1.807) is 30.3 Å². The minimum Gasteiger partial charge on any atom is -0.372 e. The summed E-state index contributed by atoms with van der Waals surface area (Å²) >= 11 is 0. The molecule has 0 unspecified atom stereocenters. The molecule has 6 nitrogen and oxygen atoms in total. The first-order chi connectivity index (χ1) is 15.6. The summed E-state index contributed by atoms with van der Waals surface area (Å²) in [6.07, 6.45) is 2.47. The Morgan fingerprint density at radius 3 is 2.25 bits per heavy atom. The van der Waals surface area contributed by atoms with Gasteiger partial charge in [0.1, 0.15) is 5.82 Å². The van der Waals surface area contributed by atoms with Crippen molar-refractivity contribution in [1.82, 2.24) is 5.32 Å². The van der Waals surface area contributed by atoms with Gasteiger partial charge in [-0.3, -0.25) is 4.79 Å². The molecule has 3 aromatic rings. The van der Waals surface area contributed by atoms with Crippen molar-refractivity contribution in [3.63, 3.8) is 0 Å². The van der Waals surface area contributed by atoms with Gasteiger partial charge in [-0.05, 0) is 66.9 Å². The first-order valence-corrected chi connectivity index (χ1v) is 10.6. The predicted octanol–water partition coefficient (Wildman–Crippen LogP) is 5.00. The fourth-order valence-corrected chi connectivity index (χ4v) is 3.67. The smallest absolute Gasteiger partial charge is 0.319 e. The average Bonchev–Trinajstić information content (AvgIpc) is 3.33. The molecule has 0 spiro atoms. The van der Waals surface area contributed by atoms with Crippen molar-refractivity contribution >= 4 is 29.0 Å². The standard InChI is InChI=1S/C25H25FN4O2/c26-20-6-4-8-22(16-20)28-24(31)19-5-3-7-21(15-19)29-25(32)27-17-18-9-11-23(12-10-18)30-13-1-2-14-30/h3-12,15-16H,1-2,13-14,17H2,(H,28,31)(H2,27,29,32). The normalized spacial score (nSPS) is 13.0. The molecular weight excluding hydrogens is 407 g/mol. The van der Waals surface area contributed by atoms with Crippen LogP contribution in [0.15, 0.2) is 72.8 Å². The van der Waals surface area contributed by atoms with E-state index in [0.717, 1.165) is 18.7 Å². The highest BCUT2D eigenvalue weighted by molar-refractivity contribution is 6.05. The van der Waals surface area contributed by atoms with Crippen LogP contribution in [-0.4, -0.2) is 25.0 Å². The number of nitrogens with zero attached hydrogens (tertiary/aromatic N) is 1. The van der Waals surface area contributed by atoms with Crippen LogP contribution in [-0.2, 0) is 6.54 Å². The summed E-state index contributed by atoms with van der Waals surface area (Å²) in [4.78, 5) is 27.1. The second-order valence-electron chi connectivity index (χ2n) is 7.71. The zero-order valence-electron chi connectivity index (χ0n) is 17.6. The van der Waals surface area contributed by atoms with Gasteiger partial charge in [-0.15, -0.1) is 0 Å². The van der Waals surface area contributed by atoms with Crippen LogP contribution in [0.25, 0.3) is 0 Å². The highest BCUT2D eigenvalue weighted by Gasteiger charge is 2.12. The molecule has 164 valence electrons. The molecule has 3 aromatic carbocycles. The summed E-state index contributed by atoms with van der Waals surface area (Å²) in [5, 5.41) is 8.20. The minimum atomic E-state index is -0.430. The van der Waals surface area contributed by atoms with E-state index in [9.17, 15) is 14.0 Å². The van der Waals surface area contributed by atoms with E-state index in [0.29, 0.717) is 23.5 Å². The summed E-state index contributed by atoms with van der Waals surface area (Å²) in [5.41, 5.74) is 3.42. The maximum Gasteiger partial charge on any atom is 0.319 e. The third kappa shape index (κ3) is 5.63. The van der Waals surface area contributed by atoms with E-state index in [-0.39, 0.29) is 6.03 Å². The van der Waals surface area contributed by atoms with Gasteiger partial charge in [0.2, 0.25) is 0 Å². The Hall–Kier alpha value is -3.87. The Morgan fingerprint density at radius 2 is 1.53 bits per heavy atom. The Balaban J connectivity index is 1.30. The number of benzene rings is 3. The van der Waals surface area contributed by atoms with Crippen LogP contribution in [0.4, 0.5) is 26.2 Å². The van der Waals surface area contributed by atoms with Crippen LogP contribution in [0, 0.1) is 5.82 Å². The van der Waals surface area contributed by atoms with E-state index in [2.05, 4.69) is 33.0 Å². The van der Waals surface area contributed by atoms with Crippen molar-refractivity contribution in [2.45, 2.75) is 19.4 Å². The molecule has 4 rings (SSSR count). The molecule has 7 heteroatoms. The summed E-state index contributed by atoms with van der Waals surface area (Å²) in [6, 6.07) is 20.1. The fraction of sp³-hybridized carbons (Fsp3) is 0.200. The quantitative estimate of drug-likeness (QED) is 0.513. The molecule has 0 aliphatic carbocycles. The molecule has 3 N–H and O–H groups in total. The zero-order chi connectivity index (χ0) is 22.3. The lowest BCUT2D eigenvalue weighted by Gasteiger charge is -2.17. The Bertz CT molecular complexity index is 1100. The van der Waals surface area contributed by atoms with Gasteiger partial charge < -0.3 is 20.9 Å². The number of nitrogens with one attached hydrogen (secondary N) is 3. The molecule has 0 radical (unpaired) electrons. The van der Waals surface area contributed by atoms with Gasteiger partial charge in [0.25, 0.3) is 5.91 Å². The molecule has 0 atom stereocenters. The molecule has 0 bridgehead atoms. The zero-order valence-corrected chi connectivity index (χ0v) is 17.6. The van der Waals surface area contributed by atoms with Crippen LogP contribution < -0.4 is 20.9 Å². The molecule has 1 aliphatic rings. The Morgan fingerprint density at radius 1 is 0.844 bits per heavy atom. The number of amides is 3. The number of carbonyl (C=O) groups excluding carboxylic acids is 2. The average molecular weight is 432 g/mol. The van der Waals surface area contributed by atoms with Gasteiger partial charge in [0, 0.05) is 42.3 Å². The van der Waals surface area contributed by atoms with Crippen molar-refractivity contribution in [2.75, 3.05) is 28.6 Å². The minimum absolute atomic E-state index is 0.351. The van der Waals surface area contributed by atoms with E-state index < -0.39 is 11.7 Å². The Kier molecular flexibility index (Phi) is 6.65. The molecular formula is C25H25FN4O2. The first kappa shape index (κ1) is 21.4. The molecule has 1 fully saturated rings. The number of halogens is 1. The molecule has 1 heterocycles. The van der Waals surface area contributed by atoms with Crippen molar-refractivity contribution in [2.24, 2.45) is 0 Å². The molecule has 0 aromatic heterocycles. The molecule has 1 saturated heterocycles. The number of hydrogen-bond acceptors (Lipinski definition) is 3. The topological polar surface area (TPSA) is 73.5 Å².